The van der Waals surface area contributed by atoms with Gasteiger partial charge in [-0.2, -0.15) is 0 Å². The maximum Gasteiger partial charge on any atom is 0.251 e. The Morgan fingerprint density at radius 3 is 2.14 bits per heavy atom. The minimum Gasteiger partial charge on any atom is -0.400 e. The molecule has 6 heteroatoms. The van der Waals surface area contributed by atoms with Crippen LogP contribution in [0.2, 0.25) is 0 Å². The zero-order valence-corrected chi connectivity index (χ0v) is 17.3. The molecule has 4 N–H and O–H groups in total. The van der Waals surface area contributed by atoms with Crippen molar-refractivity contribution < 1.29 is 19.8 Å². The number of carbonyl (C=O) groups is 2. The highest BCUT2D eigenvalue weighted by molar-refractivity contribution is 5.94. The van der Waals surface area contributed by atoms with Gasteiger partial charge in [-0.15, -0.1) is 0 Å². The molecule has 0 aromatic heterocycles. The number of amides is 1. The predicted molar refractivity (Wildman–Crippen MR) is 117 cm³/mol. The van der Waals surface area contributed by atoms with Crippen LogP contribution in [0.25, 0.3) is 0 Å². The SMILES string of the molecule is C=O.CO.O=C(NCCCCc1ccccc1)c1ccc(CNCCCO)cc1. The van der Waals surface area contributed by atoms with Crippen molar-refractivity contribution in [1.29, 1.82) is 0 Å². The third-order valence-electron chi connectivity index (χ3n) is 4.08. The first-order valence-corrected chi connectivity index (χ1v) is 9.76. The van der Waals surface area contributed by atoms with Gasteiger partial charge < -0.3 is 25.6 Å². The van der Waals surface area contributed by atoms with Gasteiger partial charge in [-0.1, -0.05) is 42.5 Å². The van der Waals surface area contributed by atoms with E-state index in [0.29, 0.717) is 12.1 Å². The first-order chi connectivity index (χ1) is 14.3. The lowest BCUT2D eigenvalue weighted by atomic mass is 10.1. The van der Waals surface area contributed by atoms with Crippen LogP contribution in [0.4, 0.5) is 0 Å². The predicted octanol–water partition coefficient (Wildman–Crippen LogP) is 2.33. The number of benzene rings is 2. The fourth-order valence-electron chi connectivity index (χ4n) is 2.61. The van der Waals surface area contributed by atoms with E-state index in [9.17, 15) is 4.79 Å². The highest BCUT2D eigenvalue weighted by Gasteiger charge is 2.04. The van der Waals surface area contributed by atoms with Crippen molar-refractivity contribution in [2.75, 3.05) is 26.8 Å². The minimum absolute atomic E-state index is 0.0144. The lowest BCUT2D eigenvalue weighted by Crippen LogP contribution is -2.24. The van der Waals surface area contributed by atoms with Gasteiger partial charge in [0, 0.05) is 32.4 Å². The summed E-state index contributed by atoms with van der Waals surface area (Å²) in [4.78, 5) is 20.1. The van der Waals surface area contributed by atoms with E-state index in [1.807, 2.05) is 37.1 Å². The normalized spacial score (nSPS) is 9.48. The standard InChI is InChI=1S/C21H28N2O2.CH4O.CH2O/c24-16-6-14-22-17-19-10-12-20(13-11-19)21(25)23-15-5-4-9-18-7-2-1-3-8-18;2*1-2/h1-3,7-8,10-13,22,24H,4-6,9,14-17H2,(H,23,25);2H,1H3;1H2. The highest BCUT2D eigenvalue weighted by Crippen LogP contribution is 2.06. The van der Waals surface area contributed by atoms with Gasteiger partial charge in [0.1, 0.15) is 6.79 Å². The number of hydrogen-bond donors (Lipinski definition) is 4. The Balaban J connectivity index is 0.00000184. The van der Waals surface area contributed by atoms with E-state index in [4.69, 9.17) is 15.0 Å². The van der Waals surface area contributed by atoms with Crippen molar-refractivity contribution in [1.82, 2.24) is 10.6 Å². The van der Waals surface area contributed by atoms with Gasteiger partial charge in [-0.25, -0.2) is 0 Å². The van der Waals surface area contributed by atoms with Crippen LogP contribution < -0.4 is 10.6 Å². The quantitative estimate of drug-likeness (QED) is 0.433. The Bertz CT molecular complexity index is 633. The van der Waals surface area contributed by atoms with Crippen molar-refractivity contribution in [2.45, 2.75) is 32.2 Å². The van der Waals surface area contributed by atoms with Gasteiger partial charge in [0.25, 0.3) is 5.91 Å². The molecule has 0 radical (unpaired) electrons. The number of rotatable bonds is 11. The molecule has 160 valence electrons. The average molecular weight is 403 g/mol. The molecule has 29 heavy (non-hydrogen) atoms. The smallest absolute Gasteiger partial charge is 0.251 e. The Hall–Kier alpha value is -2.54. The zero-order chi connectivity index (χ0) is 21.7. The monoisotopic (exact) mass is 402 g/mol. The molecule has 2 aromatic carbocycles. The van der Waals surface area contributed by atoms with Gasteiger partial charge in [0.05, 0.1) is 0 Å². The Kier molecular flexibility index (Phi) is 17.2. The van der Waals surface area contributed by atoms with Crippen LogP contribution in [0.1, 0.15) is 40.7 Å². The first kappa shape index (κ1) is 26.5. The van der Waals surface area contributed by atoms with Gasteiger partial charge in [-0.3, -0.25) is 4.79 Å². The molecule has 2 aromatic rings. The fourth-order valence-corrected chi connectivity index (χ4v) is 2.61. The summed E-state index contributed by atoms with van der Waals surface area (Å²) in [7, 11) is 1.00. The zero-order valence-electron chi connectivity index (χ0n) is 17.3. The topological polar surface area (TPSA) is 98.7 Å². The molecule has 2 rings (SSSR count). The molecule has 0 aliphatic rings. The maximum atomic E-state index is 12.1. The number of aryl methyl sites for hydroxylation is 1. The molecule has 0 saturated carbocycles. The van der Waals surface area contributed by atoms with E-state index in [1.54, 1.807) is 0 Å². The molecule has 0 bridgehead atoms. The van der Waals surface area contributed by atoms with Crippen LogP contribution in [-0.4, -0.2) is 49.7 Å². The van der Waals surface area contributed by atoms with Crippen LogP contribution in [0.5, 0.6) is 0 Å². The Morgan fingerprint density at radius 1 is 0.862 bits per heavy atom. The summed E-state index contributed by atoms with van der Waals surface area (Å²) in [6.45, 7) is 4.46. The molecular weight excluding hydrogens is 368 g/mol. The van der Waals surface area contributed by atoms with Crippen LogP contribution >= 0.6 is 0 Å². The van der Waals surface area contributed by atoms with Gasteiger partial charge in [0.2, 0.25) is 0 Å². The molecule has 0 spiro atoms. The van der Waals surface area contributed by atoms with E-state index in [-0.39, 0.29) is 12.5 Å². The van der Waals surface area contributed by atoms with E-state index in [0.717, 1.165) is 51.4 Å². The van der Waals surface area contributed by atoms with Crippen molar-refractivity contribution in [2.24, 2.45) is 0 Å². The molecule has 0 atom stereocenters. The summed E-state index contributed by atoms with van der Waals surface area (Å²) >= 11 is 0. The van der Waals surface area contributed by atoms with Crippen molar-refractivity contribution in [3.05, 3.63) is 71.3 Å². The number of nitrogens with one attached hydrogen (secondary N) is 2. The van der Waals surface area contributed by atoms with E-state index in [1.165, 1.54) is 5.56 Å². The molecule has 6 nitrogen and oxygen atoms in total. The molecular formula is C23H34N2O4. The van der Waals surface area contributed by atoms with E-state index >= 15 is 0 Å². The largest absolute Gasteiger partial charge is 0.400 e. The molecule has 0 aliphatic heterocycles. The second-order valence-corrected chi connectivity index (χ2v) is 6.15. The second-order valence-electron chi connectivity index (χ2n) is 6.15. The highest BCUT2D eigenvalue weighted by atomic mass is 16.3. The van der Waals surface area contributed by atoms with Crippen LogP contribution in [-0.2, 0) is 17.8 Å². The van der Waals surface area contributed by atoms with Gasteiger partial charge >= 0.3 is 0 Å². The Morgan fingerprint density at radius 2 is 1.52 bits per heavy atom. The maximum absolute atomic E-state index is 12.1. The average Bonchev–Trinajstić information content (AvgIpc) is 2.80. The summed E-state index contributed by atoms with van der Waals surface area (Å²) in [5, 5.41) is 22.0. The van der Waals surface area contributed by atoms with E-state index in [2.05, 4.69) is 34.9 Å². The third-order valence-corrected chi connectivity index (χ3v) is 4.08. The third kappa shape index (κ3) is 12.5. The number of hydrogen-bond acceptors (Lipinski definition) is 5. The summed E-state index contributed by atoms with van der Waals surface area (Å²) < 4.78 is 0. The summed E-state index contributed by atoms with van der Waals surface area (Å²) in [5.74, 6) is -0.0144. The molecule has 0 heterocycles. The lowest BCUT2D eigenvalue weighted by Gasteiger charge is -2.07. The summed E-state index contributed by atoms with van der Waals surface area (Å²) in [6, 6.07) is 18.1. The minimum atomic E-state index is -0.0144. The molecule has 1 amide bonds. The van der Waals surface area contributed by atoms with Crippen molar-refractivity contribution >= 4 is 12.7 Å². The van der Waals surface area contributed by atoms with Crippen LogP contribution in [0.15, 0.2) is 54.6 Å². The number of carbonyl (C=O) groups excluding carboxylic acids is 2. The van der Waals surface area contributed by atoms with Crippen LogP contribution in [0, 0.1) is 0 Å². The van der Waals surface area contributed by atoms with Crippen molar-refractivity contribution in [3.63, 3.8) is 0 Å². The van der Waals surface area contributed by atoms with E-state index < -0.39 is 0 Å². The van der Waals surface area contributed by atoms with Crippen LogP contribution in [0.3, 0.4) is 0 Å². The lowest BCUT2D eigenvalue weighted by molar-refractivity contribution is -0.0980. The second kappa shape index (κ2) is 18.8. The molecule has 0 fully saturated rings. The van der Waals surface area contributed by atoms with Gasteiger partial charge in [-0.05, 0) is 55.5 Å². The molecule has 0 unspecified atom stereocenters. The Labute approximate surface area is 174 Å². The molecule has 0 aliphatic carbocycles. The fraction of sp³-hybridized carbons (Fsp3) is 0.391. The molecule has 0 saturated heterocycles. The summed E-state index contributed by atoms with van der Waals surface area (Å²) in [5.41, 5.74) is 3.18. The van der Waals surface area contributed by atoms with Crippen molar-refractivity contribution in [3.8, 4) is 0 Å². The first-order valence-electron chi connectivity index (χ1n) is 9.76. The number of unbranched alkanes of at least 4 members (excludes halogenated alkanes) is 1. The van der Waals surface area contributed by atoms with Gasteiger partial charge in [0.15, 0.2) is 0 Å². The number of aliphatic hydroxyl groups excluding tert-OH is 2. The summed E-state index contributed by atoms with van der Waals surface area (Å²) in [6.07, 6.45) is 3.86. The number of aliphatic hydroxyl groups is 2.